The van der Waals surface area contributed by atoms with Crippen molar-refractivity contribution in [3.05, 3.63) is 59.4 Å². The van der Waals surface area contributed by atoms with Crippen LogP contribution in [0.15, 0.2) is 42.6 Å². The van der Waals surface area contributed by atoms with E-state index in [1.54, 1.807) is 0 Å². The van der Waals surface area contributed by atoms with Crippen LogP contribution in [0.1, 0.15) is 67.8 Å². The summed E-state index contributed by atoms with van der Waals surface area (Å²) in [6.07, 6.45) is 2.95. The van der Waals surface area contributed by atoms with Gasteiger partial charge in [-0.1, -0.05) is 6.07 Å². The van der Waals surface area contributed by atoms with Crippen LogP contribution >= 0.6 is 0 Å². The van der Waals surface area contributed by atoms with E-state index in [0.717, 1.165) is 36.5 Å². The fraction of sp³-hybridized carbons (Fsp3) is 0.520. The maximum Gasteiger partial charge on any atom is 0.251 e. The molecule has 2 aliphatic rings. The zero-order valence-corrected chi connectivity index (χ0v) is 19.1. The highest BCUT2D eigenvalue weighted by Gasteiger charge is 2.41. The van der Waals surface area contributed by atoms with Crippen molar-refractivity contribution in [3.8, 4) is 0 Å². The van der Waals surface area contributed by atoms with Gasteiger partial charge in [-0.3, -0.25) is 14.7 Å². The van der Waals surface area contributed by atoms with Gasteiger partial charge in [0.25, 0.3) is 5.91 Å². The van der Waals surface area contributed by atoms with Crippen molar-refractivity contribution in [3.63, 3.8) is 0 Å². The number of carbonyl (C=O) groups excluding carboxylic acids is 1. The molecule has 31 heavy (non-hydrogen) atoms. The number of pyridine rings is 1. The lowest BCUT2D eigenvalue weighted by atomic mass is 9.81. The molecule has 0 radical (unpaired) electrons. The van der Waals surface area contributed by atoms with E-state index in [2.05, 4.69) is 65.7 Å². The van der Waals surface area contributed by atoms with Crippen LogP contribution < -0.4 is 16.0 Å². The van der Waals surface area contributed by atoms with Gasteiger partial charge in [-0.2, -0.15) is 0 Å². The average Bonchev–Trinajstić information content (AvgIpc) is 3.26. The van der Waals surface area contributed by atoms with Crippen molar-refractivity contribution in [1.82, 2.24) is 20.5 Å². The second-order valence-corrected chi connectivity index (χ2v) is 9.24. The standard InChI is InChI=1S/C25H35N5O/c1-16(2)30(17(3)4)14-13-28-25(31)18-8-9-21-20(15-18)23-19(10-12-27-23)24(29-21)22-7-5-6-11-26-22/h5-9,11,15-17,19,23-24,27,29H,10,12-14H2,1-4H3,(H,28,31). The van der Waals surface area contributed by atoms with Crippen LogP contribution in [0.25, 0.3) is 0 Å². The van der Waals surface area contributed by atoms with E-state index in [-0.39, 0.29) is 18.0 Å². The molecule has 0 spiro atoms. The molecule has 1 saturated heterocycles. The number of nitrogens with zero attached hydrogens (tertiary/aromatic N) is 2. The maximum absolute atomic E-state index is 12.8. The van der Waals surface area contributed by atoms with E-state index in [0.29, 0.717) is 24.5 Å². The average molecular weight is 422 g/mol. The Bertz CT molecular complexity index is 890. The molecular formula is C25H35N5O. The molecule has 1 aromatic carbocycles. The molecule has 0 aliphatic carbocycles. The molecule has 3 unspecified atom stereocenters. The number of benzene rings is 1. The van der Waals surface area contributed by atoms with E-state index >= 15 is 0 Å². The second-order valence-electron chi connectivity index (χ2n) is 9.24. The van der Waals surface area contributed by atoms with Crippen LogP contribution in [0.4, 0.5) is 5.69 Å². The molecule has 1 aromatic heterocycles. The molecule has 6 nitrogen and oxygen atoms in total. The number of anilines is 1. The largest absolute Gasteiger partial charge is 0.376 e. The third-order valence-corrected chi connectivity index (χ3v) is 6.65. The quantitative estimate of drug-likeness (QED) is 0.635. The van der Waals surface area contributed by atoms with Crippen LogP contribution in [0.3, 0.4) is 0 Å². The smallest absolute Gasteiger partial charge is 0.251 e. The van der Waals surface area contributed by atoms with Gasteiger partial charge in [-0.05, 0) is 76.6 Å². The Hall–Kier alpha value is -2.44. The highest BCUT2D eigenvalue weighted by molar-refractivity contribution is 5.95. The number of rotatable bonds is 7. The predicted octanol–water partition coefficient (Wildman–Crippen LogP) is 3.75. The molecule has 166 valence electrons. The number of fused-ring (bicyclic) bond motifs is 3. The van der Waals surface area contributed by atoms with Gasteiger partial charge < -0.3 is 16.0 Å². The Morgan fingerprint density at radius 1 is 1.16 bits per heavy atom. The Balaban J connectivity index is 1.48. The van der Waals surface area contributed by atoms with Crippen molar-refractivity contribution in [2.45, 2.75) is 58.3 Å². The van der Waals surface area contributed by atoms with E-state index < -0.39 is 0 Å². The zero-order chi connectivity index (χ0) is 22.0. The summed E-state index contributed by atoms with van der Waals surface area (Å²) in [5.41, 5.74) is 4.08. The van der Waals surface area contributed by atoms with Crippen LogP contribution in [-0.2, 0) is 0 Å². The summed E-state index contributed by atoms with van der Waals surface area (Å²) in [5.74, 6) is 0.419. The fourth-order valence-electron chi connectivity index (χ4n) is 5.16. The minimum atomic E-state index is -0.00309. The third kappa shape index (κ3) is 4.60. The first-order valence-electron chi connectivity index (χ1n) is 11.5. The summed E-state index contributed by atoms with van der Waals surface area (Å²) < 4.78 is 0. The summed E-state index contributed by atoms with van der Waals surface area (Å²) in [6.45, 7) is 11.3. The number of amides is 1. The maximum atomic E-state index is 12.8. The van der Waals surface area contributed by atoms with Gasteiger partial charge in [0.15, 0.2) is 0 Å². The van der Waals surface area contributed by atoms with Gasteiger partial charge in [0.1, 0.15) is 0 Å². The van der Waals surface area contributed by atoms with E-state index in [9.17, 15) is 4.79 Å². The monoisotopic (exact) mass is 421 g/mol. The normalized spacial score (nSPS) is 22.4. The molecule has 2 aliphatic heterocycles. The van der Waals surface area contributed by atoms with Crippen molar-refractivity contribution < 1.29 is 4.79 Å². The van der Waals surface area contributed by atoms with Gasteiger partial charge in [-0.25, -0.2) is 0 Å². The molecule has 0 bridgehead atoms. The SMILES string of the molecule is CC(C)N(CCNC(=O)c1ccc2c(c1)C1NCCC1C(c1ccccn1)N2)C(C)C. The molecule has 1 amide bonds. The van der Waals surface area contributed by atoms with E-state index in [1.165, 1.54) is 5.56 Å². The van der Waals surface area contributed by atoms with Gasteiger partial charge in [0, 0.05) is 54.6 Å². The zero-order valence-electron chi connectivity index (χ0n) is 19.1. The van der Waals surface area contributed by atoms with Gasteiger partial charge >= 0.3 is 0 Å². The van der Waals surface area contributed by atoms with Crippen LogP contribution in [0.2, 0.25) is 0 Å². The highest BCUT2D eigenvalue weighted by Crippen LogP contribution is 2.46. The number of carbonyl (C=O) groups is 1. The van der Waals surface area contributed by atoms with Crippen LogP contribution in [0.5, 0.6) is 0 Å². The number of aromatic nitrogens is 1. The van der Waals surface area contributed by atoms with Crippen molar-refractivity contribution >= 4 is 11.6 Å². The first-order chi connectivity index (χ1) is 15.0. The predicted molar refractivity (Wildman–Crippen MR) is 125 cm³/mol. The lowest BCUT2D eigenvalue weighted by Gasteiger charge is -2.37. The first kappa shape index (κ1) is 21.8. The Kier molecular flexibility index (Phi) is 6.58. The lowest BCUT2D eigenvalue weighted by molar-refractivity contribution is 0.0939. The molecule has 2 aromatic rings. The molecular weight excluding hydrogens is 386 g/mol. The molecule has 6 heteroatoms. The van der Waals surface area contributed by atoms with Gasteiger partial charge in [0.05, 0.1) is 11.7 Å². The Morgan fingerprint density at radius 2 is 1.97 bits per heavy atom. The molecule has 3 N–H and O–H groups in total. The lowest BCUT2D eigenvalue weighted by Crippen LogP contribution is -2.42. The Labute approximate surface area is 185 Å². The van der Waals surface area contributed by atoms with Crippen molar-refractivity contribution in [2.24, 2.45) is 5.92 Å². The summed E-state index contributed by atoms with van der Waals surface area (Å²) in [4.78, 5) is 19.8. The Morgan fingerprint density at radius 3 is 2.68 bits per heavy atom. The summed E-state index contributed by atoms with van der Waals surface area (Å²) in [5, 5.41) is 10.5. The van der Waals surface area contributed by atoms with Crippen LogP contribution in [-0.4, -0.2) is 47.5 Å². The number of nitrogens with one attached hydrogen (secondary N) is 3. The van der Waals surface area contributed by atoms with Gasteiger partial charge in [0.2, 0.25) is 0 Å². The summed E-state index contributed by atoms with van der Waals surface area (Å²) in [7, 11) is 0. The summed E-state index contributed by atoms with van der Waals surface area (Å²) >= 11 is 0. The second kappa shape index (κ2) is 9.37. The number of hydrogen-bond donors (Lipinski definition) is 3. The minimum absolute atomic E-state index is 0.00309. The first-order valence-corrected chi connectivity index (χ1v) is 11.5. The summed E-state index contributed by atoms with van der Waals surface area (Å²) in [6, 6.07) is 13.5. The highest BCUT2D eigenvalue weighted by atomic mass is 16.1. The van der Waals surface area contributed by atoms with E-state index in [4.69, 9.17) is 0 Å². The molecule has 1 fully saturated rings. The fourth-order valence-corrected chi connectivity index (χ4v) is 5.16. The molecule has 0 saturated carbocycles. The topological polar surface area (TPSA) is 69.3 Å². The molecule has 3 heterocycles. The molecule has 4 rings (SSSR count). The van der Waals surface area contributed by atoms with E-state index in [1.807, 2.05) is 30.5 Å². The minimum Gasteiger partial charge on any atom is -0.376 e. The van der Waals surface area contributed by atoms with Crippen LogP contribution in [0, 0.1) is 5.92 Å². The molecule has 3 atom stereocenters. The third-order valence-electron chi connectivity index (χ3n) is 6.65. The van der Waals surface area contributed by atoms with Crippen molar-refractivity contribution in [2.75, 3.05) is 25.0 Å². The van der Waals surface area contributed by atoms with Gasteiger partial charge in [-0.15, -0.1) is 0 Å². The number of hydrogen-bond acceptors (Lipinski definition) is 5. The van der Waals surface area contributed by atoms with Crippen molar-refractivity contribution in [1.29, 1.82) is 0 Å².